The summed E-state index contributed by atoms with van der Waals surface area (Å²) in [4.78, 5) is 11.0. The topological polar surface area (TPSA) is 43.1 Å². The van der Waals surface area contributed by atoms with Gasteiger partial charge in [-0.1, -0.05) is 6.58 Å². The van der Waals surface area contributed by atoms with E-state index in [4.69, 9.17) is 5.73 Å². The smallest absolute Gasteiger partial charge is 0.209 e. The fourth-order valence-corrected chi connectivity index (χ4v) is 1.08. The van der Waals surface area contributed by atoms with E-state index in [0.717, 1.165) is 13.0 Å². The summed E-state index contributed by atoms with van der Waals surface area (Å²) in [6, 6.07) is 0. The van der Waals surface area contributed by atoms with Crippen molar-refractivity contribution in [3.8, 4) is 0 Å². The van der Waals surface area contributed by atoms with Gasteiger partial charge in [0.15, 0.2) is 0 Å². The molecular formula is C9H19N2O+. The number of nitrogens with zero attached hydrogens (tertiary/aromatic N) is 1. The van der Waals surface area contributed by atoms with Crippen molar-refractivity contribution in [2.45, 2.75) is 6.42 Å². The molecule has 0 bridgehead atoms. The molecule has 0 saturated carbocycles. The number of carbonyl (C=O) groups excluding carboxylic acids is 1. The molecule has 0 heterocycles. The lowest BCUT2D eigenvalue weighted by Crippen LogP contribution is -2.44. The fourth-order valence-electron chi connectivity index (χ4n) is 1.08. The Hall–Kier alpha value is -0.670. The lowest BCUT2D eigenvalue weighted by Gasteiger charge is -2.28. The summed E-state index contributed by atoms with van der Waals surface area (Å²) >= 11 is 0. The maximum Gasteiger partial charge on any atom is 0.209 e. The molecule has 0 unspecified atom stereocenters. The standard InChI is InChI=1S/C9H19N2O/c1-4-9(12)8-11(2,3)7-5-6-10/h4H,1,5-8,10H2,2-3H3/q+1. The van der Waals surface area contributed by atoms with Crippen LogP contribution in [0.2, 0.25) is 0 Å². The Morgan fingerprint density at radius 1 is 1.58 bits per heavy atom. The Labute approximate surface area is 74.4 Å². The van der Waals surface area contributed by atoms with E-state index in [2.05, 4.69) is 6.58 Å². The summed E-state index contributed by atoms with van der Waals surface area (Å²) in [6.07, 6.45) is 2.33. The molecule has 0 aromatic heterocycles. The van der Waals surface area contributed by atoms with Crippen molar-refractivity contribution in [3.63, 3.8) is 0 Å². The number of hydrogen-bond acceptors (Lipinski definition) is 2. The maximum absolute atomic E-state index is 11.0. The van der Waals surface area contributed by atoms with Crippen LogP contribution in [0.15, 0.2) is 12.7 Å². The van der Waals surface area contributed by atoms with Gasteiger partial charge >= 0.3 is 0 Å². The molecule has 0 radical (unpaired) electrons. The summed E-state index contributed by atoms with van der Waals surface area (Å²) in [7, 11) is 4.05. The predicted octanol–water partition coefficient (Wildman–Crippen LogP) is 0.167. The summed E-state index contributed by atoms with van der Waals surface area (Å²) in [6.45, 7) is 5.58. The first kappa shape index (κ1) is 11.3. The molecule has 0 atom stereocenters. The van der Waals surface area contributed by atoms with Crippen LogP contribution in [-0.2, 0) is 4.79 Å². The van der Waals surface area contributed by atoms with Crippen molar-refractivity contribution in [1.29, 1.82) is 0 Å². The highest BCUT2D eigenvalue weighted by Gasteiger charge is 2.16. The van der Waals surface area contributed by atoms with Crippen molar-refractivity contribution in [3.05, 3.63) is 12.7 Å². The highest BCUT2D eigenvalue weighted by Crippen LogP contribution is 1.98. The van der Waals surface area contributed by atoms with Crippen LogP contribution in [-0.4, -0.2) is 44.0 Å². The second-order valence-electron chi connectivity index (χ2n) is 3.63. The lowest BCUT2D eigenvalue weighted by molar-refractivity contribution is -0.882. The predicted molar refractivity (Wildman–Crippen MR) is 50.7 cm³/mol. The third-order valence-electron chi connectivity index (χ3n) is 1.78. The number of quaternary nitrogens is 1. The monoisotopic (exact) mass is 171 g/mol. The van der Waals surface area contributed by atoms with Crippen molar-refractivity contribution in [2.24, 2.45) is 5.73 Å². The van der Waals surface area contributed by atoms with Gasteiger partial charge in [-0.2, -0.15) is 0 Å². The number of nitrogens with two attached hydrogens (primary N) is 1. The first-order valence-electron chi connectivity index (χ1n) is 4.19. The van der Waals surface area contributed by atoms with Gasteiger partial charge in [0.2, 0.25) is 5.78 Å². The van der Waals surface area contributed by atoms with Gasteiger partial charge in [-0.15, -0.1) is 0 Å². The molecule has 3 heteroatoms. The van der Waals surface area contributed by atoms with Crippen LogP contribution >= 0.6 is 0 Å². The molecule has 12 heavy (non-hydrogen) atoms. The zero-order chi connectivity index (χ0) is 9.61. The third-order valence-corrected chi connectivity index (χ3v) is 1.78. The number of likely N-dealkylation sites (N-methyl/N-ethyl adjacent to an activating group) is 1. The minimum Gasteiger partial charge on any atom is -0.330 e. The van der Waals surface area contributed by atoms with Crippen molar-refractivity contribution < 1.29 is 9.28 Å². The SMILES string of the molecule is C=CC(=O)C[N+](C)(C)CCCN. The Morgan fingerprint density at radius 3 is 2.58 bits per heavy atom. The highest BCUT2D eigenvalue weighted by molar-refractivity contribution is 5.90. The molecule has 0 aliphatic heterocycles. The molecule has 0 aromatic carbocycles. The summed E-state index contributed by atoms with van der Waals surface area (Å²) in [5, 5.41) is 0. The van der Waals surface area contributed by atoms with Gasteiger partial charge in [-0.3, -0.25) is 4.79 Å². The largest absolute Gasteiger partial charge is 0.330 e. The molecule has 0 rings (SSSR count). The normalized spacial score (nSPS) is 11.2. The van der Waals surface area contributed by atoms with Gasteiger partial charge in [0.25, 0.3) is 0 Å². The van der Waals surface area contributed by atoms with E-state index in [0.29, 0.717) is 17.6 Å². The van der Waals surface area contributed by atoms with Crippen LogP contribution in [0, 0.1) is 0 Å². The Morgan fingerprint density at radius 2 is 2.17 bits per heavy atom. The van der Waals surface area contributed by atoms with Crippen LogP contribution in [0.5, 0.6) is 0 Å². The summed E-state index contributed by atoms with van der Waals surface area (Å²) in [5.74, 6) is 0.0945. The van der Waals surface area contributed by atoms with Crippen molar-refractivity contribution in [2.75, 3.05) is 33.7 Å². The Kier molecular flexibility index (Phi) is 4.78. The van der Waals surface area contributed by atoms with E-state index >= 15 is 0 Å². The van der Waals surface area contributed by atoms with Crippen LogP contribution in [0.3, 0.4) is 0 Å². The van der Waals surface area contributed by atoms with Crippen LogP contribution in [0.25, 0.3) is 0 Å². The lowest BCUT2D eigenvalue weighted by atomic mass is 10.3. The van der Waals surface area contributed by atoms with E-state index < -0.39 is 0 Å². The average molecular weight is 171 g/mol. The molecule has 0 amide bonds. The molecule has 0 saturated heterocycles. The zero-order valence-electron chi connectivity index (χ0n) is 8.05. The molecular weight excluding hydrogens is 152 g/mol. The van der Waals surface area contributed by atoms with Crippen LogP contribution in [0.4, 0.5) is 0 Å². The molecule has 2 N–H and O–H groups in total. The zero-order valence-corrected chi connectivity index (χ0v) is 8.05. The molecule has 0 fully saturated rings. The summed E-state index contributed by atoms with van der Waals surface area (Å²) in [5.41, 5.74) is 5.38. The Balaban J connectivity index is 3.85. The van der Waals surface area contributed by atoms with E-state index in [9.17, 15) is 4.79 Å². The molecule has 0 aromatic rings. The van der Waals surface area contributed by atoms with Gasteiger partial charge in [0.1, 0.15) is 6.54 Å². The van der Waals surface area contributed by atoms with Crippen molar-refractivity contribution >= 4 is 5.78 Å². The van der Waals surface area contributed by atoms with Gasteiger partial charge < -0.3 is 10.2 Å². The minimum atomic E-state index is 0.0945. The minimum absolute atomic E-state index is 0.0945. The van der Waals surface area contributed by atoms with Crippen LogP contribution < -0.4 is 5.73 Å². The van der Waals surface area contributed by atoms with E-state index in [-0.39, 0.29) is 5.78 Å². The first-order chi connectivity index (χ1) is 5.52. The molecule has 70 valence electrons. The van der Waals surface area contributed by atoms with Crippen molar-refractivity contribution in [1.82, 2.24) is 0 Å². The molecule has 0 spiro atoms. The number of hydrogen-bond donors (Lipinski definition) is 1. The summed E-state index contributed by atoms with van der Waals surface area (Å²) < 4.78 is 0.696. The van der Waals surface area contributed by atoms with E-state index in [1.807, 2.05) is 14.1 Å². The fraction of sp³-hybridized carbons (Fsp3) is 0.667. The van der Waals surface area contributed by atoms with Gasteiger partial charge in [0, 0.05) is 6.42 Å². The molecule has 0 aliphatic carbocycles. The second kappa shape index (κ2) is 5.06. The van der Waals surface area contributed by atoms with Gasteiger partial charge in [0.05, 0.1) is 20.6 Å². The molecule has 0 aliphatic rings. The number of carbonyl (C=O) groups is 1. The highest BCUT2D eigenvalue weighted by atomic mass is 16.1. The van der Waals surface area contributed by atoms with E-state index in [1.165, 1.54) is 6.08 Å². The number of ketones is 1. The van der Waals surface area contributed by atoms with E-state index in [1.54, 1.807) is 0 Å². The second-order valence-corrected chi connectivity index (χ2v) is 3.63. The van der Waals surface area contributed by atoms with Crippen LogP contribution in [0.1, 0.15) is 6.42 Å². The maximum atomic E-state index is 11.0. The third kappa shape index (κ3) is 5.04. The number of rotatable bonds is 6. The Bertz CT molecular complexity index is 164. The van der Waals surface area contributed by atoms with Gasteiger partial charge in [-0.05, 0) is 12.6 Å². The average Bonchev–Trinajstić information content (AvgIpc) is 2.00. The van der Waals surface area contributed by atoms with Gasteiger partial charge in [-0.25, -0.2) is 0 Å². The molecule has 3 nitrogen and oxygen atoms in total. The quantitative estimate of drug-likeness (QED) is 0.457. The first-order valence-corrected chi connectivity index (χ1v) is 4.19.